The first-order chi connectivity index (χ1) is 14.6. The molecule has 1 N–H and O–H groups in total. The summed E-state index contributed by atoms with van der Waals surface area (Å²) in [6.07, 6.45) is 10.6. The van der Waals surface area contributed by atoms with Crippen molar-refractivity contribution in [2.24, 2.45) is 11.8 Å². The van der Waals surface area contributed by atoms with Gasteiger partial charge in [-0.05, 0) is 57.4 Å². The third-order valence-electron chi connectivity index (χ3n) is 7.68. The van der Waals surface area contributed by atoms with E-state index in [9.17, 15) is 9.90 Å². The van der Waals surface area contributed by atoms with Gasteiger partial charge in [-0.15, -0.1) is 0 Å². The zero-order valence-corrected chi connectivity index (χ0v) is 18.6. The number of carboxylic acid groups (broad SMARTS) is 1. The lowest BCUT2D eigenvalue weighted by Gasteiger charge is -2.52. The topological polar surface area (TPSA) is 59.0 Å². The number of ether oxygens (including phenoxy) is 2. The summed E-state index contributed by atoms with van der Waals surface area (Å²) in [7, 11) is 0. The number of nitrogens with zero attached hydrogens (tertiary/aromatic N) is 1. The minimum Gasteiger partial charge on any atom is -0.477 e. The van der Waals surface area contributed by atoms with E-state index in [0.29, 0.717) is 17.6 Å². The number of carbonyl (C=O) groups is 1. The number of benzene rings is 1. The van der Waals surface area contributed by atoms with Gasteiger partial charge in [0.2, 0.25) is 0 Å². The minimum absolute atomic E-state index is 0.359. The predicted molar refractivity (Wildman–Crippen MR) is 118 cm³/mol. The number of anilines is 1. The molecule has 1 heterocycles. The van der Waals surface area contributed by atoms with Gasteiger partial charge in [0, 0.05) is 30.4 Å². The summed E-state index contributed by atoms with van der Waals surface area (Å²) in [6.45, 7) is 6.09. The van der Waals surface area contributed by atoms with Crippen LogP contribution in [-0.4, -0.2) is 30.5 Å². The predicted octanol–water partition coefficient (Wildman–Crippen LogP) is 5.71. The van der Waals surface area contributed by atoms with E-state index in [4.69, 9.17) is 9.47 Å². The Morgan fingerprint density at radius 3 is 2.07 bits per heavy atom. The van der Waals surface area contributed by atoms with Crippen LogP contribution in [0.15, 0.2) is 18.2 Å². The number of aliphatic carboxylic acids is 1. The molecule has 4 rings (SSSR count). The fraction of sp³-hybridized carbons (Fsp3) is 0.720. The lowest BCUT2D eigenvalue weighted by atomic mass is 9.63. The molecule has 166 valence electrons. The van der Waals surface area contributed by atoms with E-state index < -0.39 is 17.9 Å². The number of hydrogen-bond donors (Lipinski definition) is 1. The van der Waals surface area contributed by atoms with Crippen LogP contribution in [0, 0.1) is 11.8 Å². The lowest BCUT2D eigenvalue weighted by molar-refractivity contribution is -0.252. The normalized spacial score (nSPS) is 24.7. The summed E-state index contributed by atoms with van der Waals surface area (Å²) in [6, 6.07) is 6.42. The molecule has 5 heteroatoms. The maximum absolute atomic E-state index is 12.1. The van der Waals surface area contributed by atoms with Crippen molar-refractivity contribution in [1.82, 2.24) is 0 Å². The highest BCUT2D eigenvalue weighted by Crippen LogP contribution is 2.56. The van der Waals surface area contributed by atoms with Crippen LogP contribution in [-0.2, 0) is 15.1 Å². The molecule has 0 bridgehead atoms. The van der Waals surface area contributed by atoms with E-state index in [1.54, 1.807) is 0 Å². The Hall–Kier alpha value is -1.75. The Bertz CT molecular complexity index is 715. The van der Waals surface area contributed by atoms with Gasteiger partial charge in [0.25, 0.3) is 6.29 Å². The lowest BCUT2D eigenvalue weighted by Crippen LogP contribution is -2.54. The van der Waals surface area contributed by atoms with Gasteiger partial charge in [0.15, 0.2) is 0 Å². The van der Waals surface area contributed by atoms with Gasteiger partial charge >= 0.3 is 5.97 Å². The SMILES string of the molecule is CCN(CC)c1ccc2c(c1)OC(C(=O)O)OC2(C1CCCCC1)C1CCCCC1. The molecule has 1 unspecified atom stereocenters. The average molecular weight is 416 g/mol. The maximum atomic E-state index is 12.1. The molecule has 2 fully saturated rings. The van der Waals surface area contributed by atoms with Crippen LogP contribution in [0.4, 0.5) is 5.69 Å². The summed E-state index contributed by atoms with van der Waals surface area (Å²) >= 11 is 0. The molecule has 5 nitrogen and oxygen atoms in total. The molecule has 1 aromatic carbocycles. The van der Waals surface area contributed by atoms with Crippen LogP contribution in [0.1, 0.15) is 83.6 Å². The van der Waals surface area contributed by atoms with Crippen LogP contribution in [0.2, 0.25) is 0 Å². The van der Waals surface area contributed by atoms with E-state index in [2.05, 4.69) is 36.9 Å². The summed E-state index contributed by atoms with van der Waals surface area (Å²) < 4.78 is 12.5. The third-order valence-corrected chi connectivity index (χ3v) is 7.68. The van der Waals surface area contributed by atoms with Crippen molar-refractivity contribution in [3.05, 3.63) is 23.8 Å². The fourth-order valence-electron chi connectivity index (χ4n) is 6.23. The zero-order chi connectivity index (χ0) is 21.1. The molecule has 2 saturated carbocycles. The highest BCUT2D eigenvalue weighted by Gasteiger charge is 2.54. The Kier molecular flexibility index (Phi) is 6.57. The standard InChI is InChI=1S/C25H37NO4/c1-3-26(4-2)20-15-16-21-22(17-20)29-24(23(27)28)30-25(21,18-11-7-5-8-12-18)19-13-9-6-10-14-19/h15-19,24H,3-14H2,1-2H3,(H,27,28). The van der Waals surface area contributed by atoms with E-state index in [0.717, 1.165) is 50.0 Å². The highest BCUT2D eigenvalue weighted by atomic mass is 16.7. The first kappa shape index (κ1) is 21.5. The molecular formula is C25H37NO4. The van der Waals surface area contributed by atoms with Gasteiger partial charge in [-0.2, -0.15) is 0 Å². The Morgan fingerprint density at radius 1 is 1.00 bits per heavy atom. The molecule has 30 heavy (non-hydrogen) atoms. The van der Waals surface area contributed by atoms with Gasteiger partial charge in [0.1, 0.15) is 11.4 Å². The first-order valence-corrected chi connectivity index (χ1v) is 12.1. The Labute approximate surface area is 180 Å². The van der Waals surface area contributed by atoms with Crippen LogP contribution >= 0.6 is 0 Å². The second kappa shape index (κ2) is 9.17. The van der Waals surface area contributed by atoms with Gasteiger partial charge in [0.05, 0.1) is 0 Å². The summed E-state index contributed by atoms with van der Waals surface area (Å²) in [5.41, 5.74) is 1.64. The summed E-state index contributed by atoms with van der Waals surface area (Å²) in [5, 5.41) is 9.90. The van der Waals surface area contributed by atoms with Crippen molar-refractivity contribution in [3.63, 3.8) is 0 Å². The van der Waals surface area contributed by atoms with Crippen LogP contribution < -0.4 is 9.64 Å². The van der Waals surface area contributed by atoms with Crippen LogP contribution in [0.3, 0.4) is 0 Å². The van der Waals surface area contributed by atoms with Crippen LogP contribution in [0.5, 0.6) is 5.75 Å². The monoisotopic (exact) mass is 415 g/mol. The molecule has 2 aliphatic carbocycles. The molecule has 3 aliphatic rings. The second-order valence-corrected chi connectivity index (χ2v) is 9.22. The largest absolute Gasteiger partial charge is 0.477 e. The maximum Gasteiger partial charge on any atom is 0.373 e. The minimum atomic E-state index is -1.23. The molecule has 0 amide bonds. The van der Waals surface area contributed by atoms with Crippen molar-refractivity contribution in [2.75, 3.05) is 18.0 Å². The van der Waals surface area contributed by atoms with Crippen LogP contribution in [0.25, 0.3) is 0 Å². The van der Waals surface area contributed by atoms with Crippen molar-refractivity contribution in [2.45, 2.75) is 89.9 Å². The quantitative estimate of drug-likeness (QED) is 0.645. The molecule has 1 atom stereocenters. The molecule has 0 aromatic heterocycles. The number of carboxylic acids is 1. The van der Waals surface area contributed by atoms with Crippen molar-refractivity contribution < 1.29 is 19.4 Å². The third kappa shape index (κ3) is 3.81. The van der Waals surface area contributed by atoms with E-state index >= 15 is 0 Å². The van der Waals surface area contributed by atoms with Crippen molar-refractivity contribution in [1.29, 1.82) is 0 Å². The van der Waals surface area contributed by atoms with Gasteiger partial charge < -0.3 is 19.5 Å². The second-order valence-electron chi connectivity index (χ2n) is 9.22. The Morgan fingerprint density at radius 2 is 1.57 bits per heavy atom. The van der Waals surface area contributed by atoms with E-state index in [-0.39, 0.29) is 0 Å². The van der Waals surface area contributed by atoms with Gasteiger partial charge in [-0.1, -0.05) is 44.6 Å². The smallest absolute Gasteiger partial charge is 0.373 e. The fourth-order valence-corrected chi connectivity index (χ4v) is 6.23. The number of hydrogen-bond acceptors (Lipinski definition) is 4. The zero-order valence-electron chi connectivity index (χ0n) is 18.6. The van der Waals surface area contributed by atoms with E-state index in [1.807, 2.05) is 0 Å². The summed E-state index contributed by atoms with van der Waals surface area (Å²) in [4.78, 5) is 14.4. The highest BCUT2D eigenvalue weighted by molar-refractivity contribution is 5.72. The summed E-state index contributed by atoms with van der Waals surface area (Å²) in [5.74, 6) is 0.412. The molecule has 1 aromatic rings. The van der Waals surface area contributed by atoms with Gasteiger partial charge in [-0.25, -0.2) is 4.79 Å². The van der Waals surface area contributed by atoms with E-state index in [1.165, 1.54) is 38.5 Å². The molecular weight excluding hydrogens is 378 g/mol. The molecule has 1 aliphatic heterocycles. The van der Waals surface area contributed by atoms with Crippen molar-refractivity contribution in [3.8, 4) is 5.75 Å². The van der Waals surface area contributed by atoms with Gasteiger partial charge in [-0.3, -0.25) is 0 Å². The van der Waals surface area contributed by atoms with Crippen molar-refractivity contribution >= 4 is 11.7 Å². The first-order valence-electron chi connectivity index (χ1n) is 12.1. The molecule has 0 spiro atoms. The molecule has 0 radical (unpaired) electrons. The number of fused-ring (bicyclic) bond motifs is 1. The molecule has 0 saturated heterocycles. The average Bonchev–Trinajstić information content (AvgIpc) is 2.80. The Balaban J connectivity index is 1.84. The number of rotatable bonds is 6.